The van der Waals surface area contributed by atoms with E-state index >= 15 is 0 Å². The van der Waals surface area contributed by atoms with E-state index in [1.54, 1.807) is 30.3 Å². The average molecular weight is 305 g/mol. The first-order chi connectivity index (χ1) is 9.89. The minimum Gasteiger partial charge on any atom is -0.392 e. The highest BCUT2D eigenvalue weighted by molar-refractivity contribution is 7.91. The number of hydrogen-bond donors (Lipinski definition) is 2. The molecule has 2 rings (SSSR count). The molecule has 0 aliphatic heterocycles. The van der Waals surface area contributed by atoms with Gasteiger partial charge < -0.3 is 5.11 Å². The Morgan fingerprint density at radius 2 is 1.71 bits per heavy atom. The molecule has 0 atom stereocenters. The Balaban J connectivity index is 2.16. The largest absolute Gasteiger partial charge is 0.392 e. The van der Waals surface area contributed by atoms with Gasteiger partial charge in [0.15, 0.2) is 0 Å². The molecule has 5 heteroatoms. The molecule has 2 aromatic carbocycles. The maximum absolute atomic E-state index is 12.2. The third kappa shape index (κ3) is 4.31. The van der Waals surface area contributed by atoms with Crippen molar-refractivity contribution < 1.29 is 13.5 Å². The molecular formula is C16H19NO3S. The second kappa shape index (κ2) is 6.28. The van der Waals surface area contributed by atoms with Crippen LogP contribution in [0.25, 0.3) is 0 Å². The molecule has 0 spiro atoms. The highest BCUT2D eigenvalue weighted by Gasteiger charge is 2.12. The molecule has 0 bridgehead atoms. The van der Waals surface area contributed by atoms with E-state index < -0.39 is 10.0 Å². The predicted octanol–water partition coefficient (Wildman–Crippen LogP) is 2.74. The van der Waals surface area contributed by atoms with Gasteiger partial charge in [0.25, 0.3) is 0 Å². The Kier molecular flexibility index (Phi) is 4.65. The Morgan fingerprint density at radius 3 is 2.38 bits per heavy atom. The first-order valence-corrected chi connectivity index (χ1v) is 8.31. The van der Waals surface area contributed by atoms with Crippen molar-refractivity contribution in [3.8, 4) is 0 Å². The minimum absolute atomic E-state index is 0.0987. The molecule has 0 heterocycles. The average Bonchev–Trinajstić information content (AvgIpc) is 2.42. The summed E-state index contributed by atoms with van der Waals surface area (Å²) >= 11 is 0. The second-order valence-corrected chi connectivity index (χ2v) is 6.86. The zero-order valence-corrected chi connectivity index (χ0v) is 12.9. The van der Waals surface area contributed by atoms with Crippen molar-refractivity contribution in [1.82, 2.24) is 0 Å². The number of benzene rings is 2. The Hall–Kier alpha value is -1.85. The van der Waals surface area contributed by atoms with Gasteiger partial charge in [0, 0.05) is 5.69 Å². The molecule has 0 radical (unpaired) electrons. The summed E-state index contributed by atoms with van der Waals surface area (Å²) in [6.45, 7) is 3.82. The zero-order chi connectivity index (χ0) is 15.5. The van der Waals surface area contributed by atoms with Crippen LogP contribution >= 0.6 is 0 Å². The van der Waals surface area contributed by atoms with Gasteiger partial charge in [-0.3, -0.25) is 4.72 Å². The van der Waals surface area contributed by atoms with Crippen molar-refractivity contribution in [3.05, 3.63) is 64.7 Å². The lowest BCUT2D eigenvalue weighted by Gasteiger charge is -2.10. The molecule has 0 unspecified atom stereocenters. The van der Waals surface area contributed by atoms with E-state index in [-0.39, 0.29) is 12.4 Å². The van der Waals surface area contributed by atoms with Crippen LogP contribution in [0.15, 0.2) is 42.5 Å². The van der Waals surface area contributed by atoms with E-state index in [4.69, 9.17) is 5.11 Å². The van der Waals surface area contributed by atoms with E-state index in [2.05, 4.69) is 4.72 Å². The molecule has 0 saturated carbocycles. The molecule has 0 amide bonds. The Labute approximate surface area is 125 Å². The first-order valence-electron chi connectivity index (χ1n) is 6.66. The monoisotopic (exact) mass is 305 g/mol. The molecule has 112 valence electrons. The lowest BCUT2D eigenvalue weighted by atomic mass is 10.1. The molecule has 21 heavy (non-hydrogen) atoms. The molecule has 0 aliphatic carbocycles. The Bertz CT molecular complexity index is 739. The van der Waals surface area contributed by atoms with Crippen LogP contribution in [-0.2, 0) is 22.4 Å². The van der Waals surface area contributed by atoms with Crippen LogP contribution in [0.4, 0.5) is 5.69 Å². The highest BCUT2D eigenvalue weighted by Crippen LogP contribution is 2.17. The molecule has 4 nitrogen and oxygen atoms in total. The molecule has 2 N–H and O–H groups in total. The van der Waals surface area contributed by atoms with Crippen LogP contribution < -0.4 is 4.72 Å². The Morgan fingerprint density at radius 1 is 1.00 bits per heavy atom. The summed E-state index contributed by atoms with van der Waals surface area (Å²) in [5.74, 6) is -0.117. The predicted molar refractivity (Wildman–Crippen MR) is 84.5 cm³/mol. The smallest absolute Gasteiger partial charge is 0.236 e. The number of aliphatic hydroxyl groups is 1. The fraction of sp³-hybridized carbons (Fsp3) is 0.250. The van der Waals surface area contributed by atoms with Crippen LogP contribution in [0, 0.1) is 13.8 Å². The number of aryl methyl sites for hydroxylation is 2. The number of nitrogens with one attached hydrogen (secondary N) is 1. The summed E-state index contributed by atoms with van der Waals surface area (Å²) in [4.78, 5) is 0. The summed E-state index contributed by atoms with van der Waals surface area (Å²) in [7, 11) is -3.47. The van der Waals surface area contributed by atoms with Crippen molar-refractivity contribution in [2.75, 3.05) is 4.72 Å². The van der Waals surface area contributed by atoms with E-state index in [1.165, 1.54) is 0 Å². The fourth-order valence-electron chi connectivity index (χ4n) is 2.06. The van der Waals surface area contributed by atoms with Gasteiger partial charge in [0.05, 0.1) is 12.4 Å². The lowest BCUT2D eigenvalue weighted by molar-refractivity contribution is 0.282. The van der Waals surface area contributed by atoms with Gasteiger partial charge in [0.2, 0.25) is 10.0 Å². The number of aliphatic hydroxyl groups excluding tert-OH is 1. The summed E-state index contributed by atoms with van der Waals surface area (Å²) in [6.07, 6.45) is 0. The SMILES string of the molecule is Cc1ccc(NS(=O)(=O)Cc2cccc(CO)c2)cc1C. The molecular weight excluding hydrogens is 286 g/mol. The maximum Gasteiger partial charge on any atom is 0.236 e. The first kappa shape index (κ1) is 15.5. The molecule has 2 aromatic rings. The summed E-state index contributed by atoms with van der Waals surface area (Å²) in [6, 6.07) is 12.4. The van der Waals surface area contributed by atoms with Crippen molar-refractivity contribution in [1.29, 1.82) is 0 Å². The summed E-state index contributed by atoms with van der Waals surface area (Å²) < 4.78 is 27.0. The van der Waals surface area contributed by atoms with Crippen LogP contribution in [0.2, 0.25) is 0 Å². The third-order valence-corrected chi connectivity index (χ3v) is 4.57. The normalized spacial score (nSPS) is 11.4. The van der Waals surface area contributed by atoms with Crippen molar-refractivity contribution >= 4 is 15.7 Å². The van der Waals surface area contributed by atoms with Crippen LogP contribution in [0.3, 0.4) is 0 Å². The zero-order valence-electron chi connectivity index (χ0n) is 12.1. The topological polar surface area (TPSA) is 66.4 Å². The van der Waals surface area contributed by atoms with Gasteiger partial charge >= 0.3 is 0 Å². The summed E-state index contributed by atoms with van der Waals surface area (Å²) in [5.41, 5.74) is 4.08. The second-order valence-electron chi connectivity index (χ2n) is 5.14. The molecule has 0 fully saturated rings. The fourth-order valence-corrected chi connectivity index (χ4v) is 3.23. The quantitative estimate of drug-likeness (QED) is 0.892. The standard InChI is InChI=1S/C16H19NO3S/c1-12-6-7-16(8-13(12)2)17-21(19,20)11-15-5-3-4-14(9-15)10-18/h3-9,17-18H,10-11H2,1-2H3. The van der Waals surface area contributed by atoms with Gasteiger partial charge in [-0.05, 0) is 48.2 Å². The number of sulfonamides is 1. The van der Waals surface area contributed by atoms with Gasteiger partial charge in [-0.1, -0.05) is 30.3 Å². The number of hydrogen-bond acceptors (Lipinski definition) is 3. The van der Waals surface area contributed by atoms with Crippen molar-refractivity contribution in [2.24, 2.45) is 0 Å². The summed E-state index contributed by atoms with van der Waals surface area (Å²) in [5, 5.41) is 9.09. The highest BCUT2D eigenvalue weighted by atomic mass is 32.2. The van der Waals surface area contributed by atoms with Gasteiger partial charge in [-0.25, -0.2) is 8.42 Å². The van der Waals surface area contributed by atoms with E-state index in [9.17, 15) is 8.42 Å². The number of anilines is 1. The lowest BCUT2D eigenvalue weighted by Crippen LogP contribution is -2.15. The molecule has 0 saturated heterocycles. The van der Waals surface area contributed by atoms with Crippen LogP contribution in [0.5, 0.6) is 0 Å². The van der Waals surface area contributed by atoms with E-state index in [0.717, 1.165) is 11.1 Å². The molecule has 0 aromatic heterocycles. The van der Waals surface area contributed by atoms with Crippen molar-refractivity contribution in [2.45, 2.75) is 26.2 Å². The van der Waals surface area contributed by atoms with Crippen molar-refractivity contribution in [3.63, 3.8) is 0 Å². The van der Waals surface area contributed by atoms with E-state index in [0.29, 0.717) is 16.8 Å². The van der Waals surface area contributed by atoms with Gasteiger partial charge in [-0.2, -0.15) is 0 Å². The van der Waals surface area contributed by atoms with Gasteiger partial charge in [0.1, 0.15) is 0 Å². The molecule has 0 aliphatic rings. The van der Waals surface area contributed by atoms with Gasteiger partial charge in [-0.15, -0.1) is 0 Å². The van der Waals surface area contributed by atoms with Crippen LogP contribution in [-0.4, -0.2) is 13.5 Å². The third-order valence-electron chi connectivity index (χ3n) is 3.31. The number of rotatable bonds is 5. The van der Waals surface area contributed by atoms with E-state index in [1.807, 2.05) is 26.0 Å². The van der Waals surface area contributed by atoms with Crippen LogP contribution in [0.1, 0.15) is 22.3 Å². The minimum atomic E-state index is -3.47. The maximum atomic E-state index is 12.2.